The van der Waals surface area contributed by atoms with Gasteiger partial charge in [0.05, 0.1) is 36.0 Å². The van der Waals surface area contributed by atoms with Crippen LogP contribution in [0.1, 0.15) is 70.1 Å². The molecule has 1 aromatic heterocycles. The summed E-state index contributed by atoms with van der Waals surface area (Å²) in [5, 5.41) is 15.2. The number of nitrogens with one attached hydrogen (secondary N) is 1. The van der Waals surface area contributed by atoms with Gasteiger partial charge in [-0.25, -0.2) is 4.98 Å². The number of aromatic nitrogens is 2. The second kappa shape index (κ2) is 16.3. The van der Waals surface area contributed by atoms with Gasteiger partial charge in [0.1, 0.15) is 5.69 Å². The van der Waals surface area contributed by atoms with Crippen LogP contribution < -0.4 is 5.32 Å². The third-order valence-corrected chi connectivity index (χ3v) is 10.7. The largest absolute Gasteiger partial charge is 0.392 e. The SMILES string of the molecule is CC(c1ccc2ccccc2c1)N(C)CC1CC(c2ccc(CO)cc2)OC(c2ccc(-c3ccccc3CNC(=O)c3cnc4ccccc4n3)cc2)O1. The molecule has 0 radical (unpaired) electrons. The topological polar surface area (TPSA) is 96.8 Å². The van der Waals surface area contributed by atoms with Gasteiger partial charge in [-0.05, 0) is 76.3 Å². The average Bonchev–Trinajstić information content (AvgIpc) is 3.25. The third-order valence-electron chi connectivity index (χ3n) is 10.7. The van der Waals surface area contributed by atoms with Crippen molar-refractivity contribution in [2.75, 3.05) is 13.6 Å². The number of para-hydroxylation sites is 2. The second-order valence-electron chi connectivity index (χ2n) is 14.3. The fourth-order valence-electron chi connectivity index (χ4n) is 7.34. The van der Waals surface area contributed by atoms with Gasteiger partial charge in [-0.1, -0.05) is 121 Å². The molecule has 1 aliphatic heterocycles. The number of carbonyl (C=O) groups is 1. The van der Waals surface area contributed by atoms with Crippen LogP contribution >= 0.6 is 0 Å². The molecule has 4 unspecified atom stereocenters. The third kappa shape index (κ3) is 8.18. The van der Waals surface area contributed by atoms with Crippen molar-refractivity contribution in [3.8, 4) is 11.1 Å². The van der Waals surface area contributed by atoms with E-state index >= 15 is 0 Å². The van der Waals surface area contributed by atoms with Crippen LogP contribution in [0.5, 0.6) is 0 Å². The van der Waals surface area contributed by atoms with Crippen molar-refractivity contribution in [3.05, 3.63) is 179 Å². The zero-order valence-corrected chi connectivity index (χ0v) is 31.0. The fourth-order valence-corrected chi connectivity index (χ4v) is 7.34. The Kier molecular flexibility index (Phi) is 10.7. The molecule has 276 valence electrons. The number of amides is 1. The summed E-state index contributed by atoms with van der Waals surface area (Å²) >= 11 is 0. The first-order valence-electron chi connectivity index (χ1n) is 18.8. The minimum absolute atomic E-state index is 0.00138. The Morgan fingerprint density at radius 2 is 1.53 bits per heavy atom. The quantitative estimate of drug-likeness (QED) is 0.137. The molecule has 0 bridgehead atoms. The van der Waals surface area contributed by atoms with Crippen molar-refractivity contribution in [2.45, 2.75) is 51.0 Å². The van der Waals surface area contributed by atoms with Crippen LogP contribution in [0.15, 0.2) is 146 Å². The Morgan fingerprint density at radius 1 is 0.818 bits per heavy atom. The van der Waals surface area contributed by atoms with Crippen molar-refractivity contribution in [3.63, 3.8) is 0 Å². The lowest BCUT2D eigenvalue weighted by Gasteiger charge is -2.39. The van der Waals surface area contributed by atoms with Gasteiger partial charge >= 0.3 is 0 Å². The van der Waals surface area contributed by atoms with E-state index in [9.17, 15) is 9.90 Å². The minimum atomic E-state index is -0.572. The molecule has 4 atom stereocenters. The summed E-state index contributed by atoms with van der Waals surface area (Å²) in [7, 11) is 2.16. The predicted molar refractivity (Wildman–Crippen MR) is 216 cm³/mol. The van der Waals surface area contributed by atoms with Gasteiger partial charge in [-0.2, -0.15) is 0 Å². The van der Waals surface area contributed by atoms with E-state index in [1.807, 2.05) is 66.7 Å². The number of rotatable bonds is 11. The normalized spacial score (nSPS) is 17.7. The summed E-state index contributed by atoms with van der Waals surface area (Å²) in [5.74, 6) is -0.276. The van der Waals surface area contributed by atoms with Crippen LogP contribution in [-0.2, 0) is 22.6 Å². The molecule has 0 aliphatic carbocycles. The smallest absolute Gasteiger partial charge is 0.271 e. The lowest BCUT2D eigenvalue weighted by atomic mass is 9.97. The summed E-state index contributed by atoms with van der Waals surface area (Å²) < 4.78 is 13.4. The molecule has 7 aromatic rings. The Morgan fingerprint density at radius 3 is 2.33 bits per heavy atom. The van der Waals surface area contributed by atoms with Crippen molar-refractivity contribution in [1.82, 2.24) is 20.2 Å². The Balaban J connectivity index is 0.990. The van der Waals surface area contributed by atoms with Gasteiger partial charge in [-0.15, -0.1) is 0 Å². The van der Waals surface area contributed by atoms with Crippen LogP contribution in [-0.4, -0.2) is 45.6 Å². The van der Waals surface area contributed by atoms with Crippen molar-refractivity contribution in [1.29, 1.82) is 0 Å². The lowest BCUT2D eigenvalue weighted by molar-refractivity contribution is -0.253. The van der Waals surface area contributed by atoms with Gasteiger partial charge in [0.25, 0.3) is 5.91 Å². The highest BCUT2D eigenvalue weighted by Gasteiger charge is 2.33. The lowest BCUT2D eigenvalue weighted by Crippen LogP contribution is -2.38. The van der Waals surface area contributed by atoms with Gasteiger partial charge in [-0.3, -0.25) is 14.7 Å². The van der Waals surface area contributed by atoms with Crippen LogP contribution in [0.4, 0.5) is 0 Å². The molecule has 2 N–H and O–H groups in total. The number of likely N-dealkylation sites (N-methyl/N-ethyl adjacent to an activating group) is 1. The van der Waals surface area contributed by atoms with Gasteiger partial charge < -0.3 is 19.9 Å². The number of aliphatic hydroxyl groups is 1. The Hall–Kier alpha value is -5.77. The maximum atomic E-state index is 13.1. The molecule has 8 heteroatoms. The number of benzene rings is 6. The second-order valence-corrected chi connectivity index (χ2v) is 14.3. The average molecular weight is 729 g/mol. The summed E-state index contributed by atoms with van der Waals surface area (Å²) in [5.41, 5.74) is 8.85. The van der Waals surface area contributed by atoms with E-state index in [-0.39, 0.29) is 36.5 Å². The summed E-state index contributed by atoms with van der Waals surface area (Å²) in [4.78, 5) is 24.3. The number of fused-ring (bicyclic) bond motifs is 2. The van der Waals surface area contributed by atoms with Gasteiger partial charge in [0, 0.05) is 31.1 Å². The van der Waals surface area contributed by atoms with E-state index in [2.05, 4.69) is 107 Å². The van der Waals surface area contributed by atoms with Crippen LogP contribution in [0, 0.1) is 0 Å². The minimum Gasteiger partial charge on any atom is -0.392 e. The molecular formula is C47H44N4O4. The Labute approximate surface area is 321 Å². The van der Waals surface area contributed by atoms with Gasteiger partial charge in [0.15, 0.2) is 6.29 Å². The van der Waals surface area contributed by atoms with Crippen LogP contribution in [0.3, 0.4) is 0 Å². The fraction of sp³-hybridized carbons (Fsp3) is 0.213. The van der Waals surface area contributed by atoms with Crippen molar-refractivity contribution < 1.29 is 19.4 Å². The first-order valence-corrected chi connectivity index (χ1v) is 18.8. The maximum absolute atomic E-state index is 13.1. The highest BCUT2D eigenvalue weighted by atomic mass is 16.7. The van der Waals surface area contributed by atoms with Crippen LogP contribution in [0.25, 0.3) is 32.9 Å². The summed E-state index contributed by atoms with van der Waals surface area (Å²) in [6, 6.07) is 47.2. The summed E-state index contributed by atoms with van der Waals surface area (Å²) in [6.07, 6.45) is 1.37. The van der Waals surface area contributed by atoms with E-state index in [1.54, 1.807) is 0 Å². The van der Waals surface area contributed by atoms with Gasteiger partial charge in [0.2, 0.25) is 0 Å². The first-order chi connectivity index (χ1) is 26.9. The molecule has 55 heavy (non-hydrogen) atoms. The first kappa shape index (κ1) is 36.2. The molecule has 1 amide bonds. The highest BCUT2D eigenvalue weighted by molar-refractivity contribution is 5.93. The highest BCUT2D eigenvalue weighted by Crippen LogP contribution is 2.39. The Bertz CT molecular complexity index is 2420. The van der Waals surface area contributed by atoms with Crippen molar-refractivity contribution >= 4 is 27.7 Å². The molecule has 0 spiro atoms. The van der Waals surface area contributed by atoms with Crippen molar-refractivity contribution in [2.24, 2.45) is 0 Å². The van der Waals surface area contributed by atoms with Crippen LogP contribution in [0.2, 0.25) is 0 Å². The molecule has 6 aromatic carbocycles. The molecule has 2 heterocycles. The van der Waals surface area contributed by atoms with E-state index in [4.69, 9.17) is 9.47 Å². The number of hydrogen-bond donors (Lipinski definition) is 2. The zero-order chi connectivity index (χ0) is 37.7. The van der Waals surface area contributed by atoms with E-state index < -0.39 is 6.29 Å². The molecule has 8 nitrogen and oxygen atoms in total. The standard InChI is InChI=1S/C47H44N4O4/c1-31(37-24-19-33-9-3-4-10-38(33)25-37)51(2)29-40-26-45(35-17-15-32(30-52)16-18-35)55-47(54-40)36-22-20-34(21-23-36)41-12-6-5-11-39(41)27-49-46(53)44-28-48-42-13-7-8-14-43(42)50-44/h3-25,28,31,40,45,47,52H,26-27,29-30H2,1-2H3,(H,49,53). The number of ether oxygens (including phenoxy) is 2. The molecule has 1 fully saturated rings. The number of aliphatic hydroxyl groups excluding tert-OH is 1. The maximum Gasteiger partial charge on any atom is 0.271 e. The molecule has 0 saturated carbocycles. The summed E-state index contributed by atoms with van der Waals surface area (Å²) in [6.45, 7) is 3.30. The number of hydrogen-bond acceptors (Lipinski definition) is 7. The molecule has 8 rings (SSSR count). The zero-order valence-electron chi connectivity index (χ0n) is 31.0. The number of carbonyl (C=O) groups excluding carboxylic acids is 1. The van der Waals surface area contributed by atoms with E-state index in [1.165, 1.54) is 22.5 Å². The monoisotopic (exact) mass is 728 g/mol. The van der Waals surface area contributed by atoms with E-state index in [0.29, 0.717) is 18.5 Å². The molecule has 1 aliphatic rings. The number of nitrogens with zero attached hydrogens (tertiary/aromatic N) is 3. The molecular weight excluding hydrogens is 685 g/mol. The molecule has 1 saturated heterocycles. The predicted octanol–water partition coefficient (Wildman–Crippen LogP) is 9.11. The van der Waals surface area contributed by atoms with E-state index in [0.717, 1.165) is 45.4 Å².